The van der Waals surface area contributed by atoms with E-state index in [0.717, 1.165) is 11.3 Å². The van der Waals surface area contributed by atoms with Gasteiger partial charge in [-0.3, -0.25) is 19.2 Å². The third-order valence-electron chi connectivity index (χ3n) is 6.94. The van der Waals surface area contributed by atoms with Gasteiger partial charge in [0.1, 0.15) is 5.25 Å². The number of rotatable bonds is 7. The van der Waals surface area contributed by atoms with Crippen LogP contribution in [-0.2, 0) is 14.4 Å². The van der Waals surface area contributed by atoms with Gasteiger partial charge in [-0.2, -0.15) is 0 Å². The predicted molar refractivity (Wildman–Crippen MR) is 162 cm³/mol. The Morgan fingerprint density at radius 1 is 0.952 bits per heavy atom. The largest absolute Gasteiger partial charge is 0.493 e. The zero-order chi connectivity index (χ0) is 29.5. The number of hydrogen-bond donors (Lipinski definition) is 2. The van der Waals surface area contributed by atoms with Crippen LogP contribution in [0.3, 0.4) is 0 Å². The molecular formula is C29H21Cl2N3O6S2. The van der Waals surface area contributed by atoms with E-state index in [1.807, 2.05) is 0 Å². The van der Waals surface area contributed by atoms with Crippen molar-refractivity contribution in [2.45, 2.75) is 16.2 Å². The Hall–Kier alpha value is -3.77. The number of benzene rings is 3. The number of fused-ring (bicyclic) bond motifs is 2. The number of H-pyrrole nitrogens is 1. The predicted octanol–water partition coefficient (Wildman–Crippen LogP) is 5.57. The molecule has 3 atom stereocenters. The minimum Gasteiger partial charge on any atom is -0.493 e. The van der Waals surface area contributed by atoms with Crippen LogP contribution in [0.2, 0.25) is 10.0 Å². The fourth-order valence-corrected chi connectivity index (χ4v) is 7.86. The molecular weight excluding hydrogens is 621 g/mol. The van der Waals surface area contributed by atoms with Gasteiger partial charge >= 0.3 is 4.87 Å². The van der Waals surface area contributed by atoms with Crippen LogP contribution in [-0.4, -0.2) is 41.7 Å². The Morgan fingerprint density at radius 3 is 2.33 bits per heavy atom. The lowest BCUT2D eigenvalue weighted by atomic mass is 9.83. The van der Waals surface area contributed by atoms with Gasteiger partial charge in [-0.1, -0.05) is 52.4 Å². The number of hydrogen-bond acceptors (Lipinski definition) is 8. The number of thioether (sulfide) groups is 1. The molecule has 13 heteroatoms. The van der Waals surface area contributed by atoms with Gasteiger partial charge in [-0.25, -0.2) is 4.90 Å². The number of thiazole rings is 1. The molecule has 3 amide bonds. The molecule has 3 heterocycles. The number of aromatic amines is 1. The van der Waals surface area contributed by atoms with Crippen molar-refractivity contribution in [1.29, 1.82) is 0 Å². The van der Waals surface area contributed by atoms with Crippen LogP contribution >= 0.6 is 46.3 Å². The van der Waals surface area contributed by atoms with Gasteiger partial charge < -0.3 is 19.8 Å². The lowest BCUT2D eigenvalue weighted by Crippen LogP contribution is -2.32. The molecule has 4 aromatic rings. The first-order chi connectivity index (χ1) is 20.2. The first-order valence-corrected chi connectivity index (χ1v) is 15.1. The van der Waals surface area contributed by atoms with Gasteiger partial charge in [-0.15, -0.1) is 0 Å². The first kappa shape index (κ1) is 28.4. The van der Waals surface area contributed by atoms with Crippen molar-refractivity contribution in [2.75, 3.05) is 23.9 Å². The van der Waals surface area contributed by atoms with Crippen LogP contribution in [0.15, 0.2) is 76.6 Å². The van der Waals surface area contributed by atoms with Gasteiger partial charge in [-0.05, 0) is 66.2 Å². The highest BCUT2D eigenvalue weighted by Gasteiger charge is 2.56. The van der Waals surface area contributed by atoms with Crippen molar-refractivity contribution in [3.8, 4) is 11.5 Å². The summed E-state index contributed by atoms with van der Waals surface area (Å²) in [6.07, 6.45) is 0. The van der Waals surface area contributed by atoms with Crippen LogP contribution in [0.4, 0.5) is 11.4 Å². The molecule has 1 fully saturated rings. The Balaban J connectivity index is 1.29. The molecule has 3 aromatic carbocycles. The van der Waals surface area contributed by atoms with E-state index in [0.29, 0.717) is 48.4 Å². The third-order valence-corrected chi connectivity index (χ3v) is 9.85. The summed E-state index contributed by atoms with van der Waals surface area (Å²) in [7, 11) is 1.46. The number of anilines is 2. The van der Waals surface area contributed by atoms with Crippen molar-refractivity contribution in [3.05, 3.63) is 96.9 Å². The number of nitrogens with one attached hydrogen (secondary N) is 2. The fourth-order valence-electron chi connectivity index (χ4n) is 5.09. The molecule has 2 aliphatic heterocycles. The molecule has 0 bridgehead atoms. The second kappa shape index (κ2) is 11.5. The smallest absolute Gasteiger partial charge is 0.305 e. The summed E-state index contributed by atoms with van der Waals surface area (Å²) in [6.45, 7) is -0.282. The van der Waals surface area contributed by atoms with E-state index in [-0.39, 0.29) is 29.2 Å². The van der Waals surface area contributed by atoms with Crippen molar-refractivity contribution in [2.24, 2.45) is 5.92 Å². The van der Waals surface area contributed by atoms with Crippen LogP contribution in [0.1, 0.15) is 16.4 Å². The van der Waals surface area contributed by atoms with E-state index in [1.165, 1.54) is 23.8 Å². The summed E-state index contributed by atoms with van der Waals surface area (Å²) in [4.78, 5) is 56.7. The maximum absolute atomic E-state index is 13.9. The van der Waals surface area contributed by atoms with E-state index in [1.54, 1.807) is 66.7 Å². The number of amides is 3. The zero-order valence-corrected chi connectivity index (χ0v) is 24.9. The number of nitrogens with zero attached hydrogens (tertiary/aromatic N) is 1. The summed E-state index contributed by atoms with van der Waals surface area (Å²) in [5, 5.41) is 3.59. The minimum absolute atomic E-state index is 0.273. The molecule has 2 N–H and O–H groups in total. The highest BCUT2D eigenvalue weighted by Crippen LogP contribution is 2.53. The molecule has 9 nitrogen and oxygen atoms in total. The second-order valence-corrected chi connectivity index (χ2v) is 12.5. The maximum Gasteiger partial charge on any atom is 0.305 e. The number of imide groups is 1. The summed E-state index contributed by atoms with van der Waals surface area (Å²) in [5.74, 6) is -1.83. The summed E-state index contributed by atoms with van der Waals surface area (Å²) >= 11 is 14.1. The van der Waals surface area contributed by atoms with E-state index in [4.69, 9.17) is 32.7 Å². The van der Waals surface area contributed by atoms with E-state index in [9.17, 15) is 19.2 Å². The number of ether oxygens (including phenoxy) is 2. The van der Waals surface area contributed by atoms with Gasteiger partial charge in [0.15, 0.2) is 18.1 Å². The van der Waals surface area contributed by atoms with Gasteiger partial charge in [0.2, 0.25) is 11.8 Å². The van der Waals surface area contributed by atoms with Crippen molar-refractivity contribution in [3.63, 3.8) is 0 Å². The summed E-state index contributed by atoms with van der Waals surface area (Å²) in [6, 6.07) is 18.3. The lowest BCUT2D eigenvalue weighted by molar-refractivity contribution is -0.122. The van der Waals surface area contributed by atoms with Gasteiger partial charge in [0, 0.05) is 26.5 Å². The maximum atomic E-state index is 13.9. The molecule has 214 valence electrons. The number of carbonyl (C=O) groups excluding carboxylic acids is 3. The molecule has 1 aromatic heterocycles. The van der Waals surface area contributed by atoms with Crippen LogP contribution < -0.4 is 24.6 Å². The average molecular weight is 643 g/mol. The van der Waals surface area contributed by atoms with Crippen molar-refractivity contribution in [1.82, 2.24) is 4.98 Å². The standard InChI is InChI=1S/C29H21Cl2N3O6S2/c1-39-20-12-14(2-11-19(20)40-13-21(35)32-17-7-3-15(30)4-8-17)22-23-25(41-26-24(22)42-29(38)33-26)28(37)34(27(23)36)18-9-5-16(31)6-10-18/h2-12,22-23,25H,13H2,1H3,(H,32,35)(H,33,38)/t22-,23-,25+/m0/s1. The van der Waals surface area contributed by atoms with Crippen molar-refractivity contribution >= 4 is 75.4 Å². The molecule has 2 aliphatic rings. The number of methoxy groups -OCH3 is 1. The van der Waals surface area contributed by atoms with E-state index >= 15 is 0 Å². The van der Waals surface area contributed by atoms with Crippen LogP contribution in [0.25, 0.3) is 0 Å². The molecule has 42 heavy (non-hydrogen) atoms. The number of aromatic nitrogens is 1. The first-order valence-electron chi connectivity index (χ1n) is 12.6. The zero-order valence-electron chi connectivity index (χ0n) is 21.8. The number of carbonyl (C=O) groups is 3. The van der Waals surface area contributed by atoms with Crippen molar-refractivity contribution < 1.29 is 23.9 Å². The molecule has 0 saturated carbocycles. The Morgan fingerprint density at radius 2 is 1.64 bits per heavy atom. The molecule has 1 saturated heterocycles. The second-order valence-electron chi connectivity index (χ2n) is 9.49. The molecule has 0 spiro atoms. The van der Waals surface area contributed by atoms with E-state index in [2.05, 4.69) is 10.3 Å². The molecule has 6 rings (SSSR count). The normalized spacial score (nSPS) is 19.3. The van der Waals surface area contributed by atoms with Crippen LogP contribution in [0, 0.1) is 5.92 Å². The summed E-state index contributed by atoms with van der Waals surface area (Å²) in [5.41, 5.74) is 1.67. The molecule has 0 aliphatic carbocycles. The highest BCUT2D eigenvalue weighted by atomic mass is 35.5. The van der Waals surface area contributed by atoms with Gasteiger partial charge in [0.25, 0.3) is 5.91 Å². The van der Waals surface area contributed by atoms with Gasteiger partial charge in [0.05, 0.1) is 23.7 Å². The fraction of sp³-hybridized carbons (Fsp3) is 0.172. The number of halogens is 2. The minimum atomic E-state index is -0.765. The lowest BCUT2D eigenvalue weighted by Gasteiger charge is -2.30. The third kappa shape index (κ3) is 5.29. The quantitative estimate of drug-likeness (QED) is 0.254. The van der Waals surface area contributed by atoms with E-state index < -0.39 is 17.1 Å². The highest BCUT2D eigenvalue weighted by molar-refractivity contribution is 8.00. The average Bonchev–Trinajstić information content (AvgIpc) is 3.47. The topological polar surface area (TPSA) is 118 Å². The molecule has 0 unspecified atom stereocenters. The van der Waals surface area contributed by atoms with Crippen LogP contribution in [0.5, 0.6) is 11.5 Å². The Bertz CT molecular complexity index is 1760. The Labute approximate surface area is 257 Å². The molecule has 0 radical (unpaired) electrons. The SMILES string of the molecule is COc1cc([C@@H]2c3sc(=O)[nH]c3S[C@H]3C(=O)N(c4ccc(Cl)cc4)C(=O)[C@@H]23)ccc1OCC(=O)Nc1ccc(Cl)cc1. The monoisotopic (exact) mass is 641 g/mol. The Kier molecular flexibility index (Phi) is 7.75. The summed E-state index contributed by atoms with van der Waals surface area (Å²) < 4.78 is 11.3.